The van der Waals surface area contributed by atoms with Gasteiger partial charge in [-0.25, -0.2) is 0 Å². The Hall–Kier alpha value is -1.75. The van der Waals surface area contributed by atoms with Crippen molar-refractivity contribution in [1.29, 1.82) is 0 Å². The standard InChI is InChI=1S/C14H17N3OS/c1-17-10-11(9-15-17)7-8-14(18)16-12-5-3-4-6-13(12)19-2/h3-6,9-10H,7-8H2,1-2H3,(H,16,18). The van der Waals surface area contributed by atoms with Crippen LogP contribution in [0.3, 0.4) is 0 Å². The molecule has 0 radical (unpaired) electrons. The van der Waals surface area contributed by atoms with Crippen LogP contribution >= 0.6 is 11.8 Å². The molecule has 0 bridgehead atoms. The van der Waals surface area contributed by atoms with E-state index >= 15 is 0 Å². The van der Waals surface area contributed by atoms with Crippen LogP contribution in [-0.4, -0.2) is 21.9 Å². The molecule has 1 amide bonds. The second-order valence-electron chi connectivity index (χ2n) is 4.27. The number of hydrogen-bond donors (Lipinski definition) is 1. The number of nitrogens with one attached hydrogen (secondary N) is 1. The molecule has 2 aromatic rings. The Labute approximate surface area is 117 Å². The van der Waals surface area contributed by atoms with Gasteiger partial charge >= 0.3 is 0 Å². The van der Waals surface area contributed by atoms with E-state index in [2.05, 4.69) is 10.4 Å². The highest BCUT2D eigenvalue weighted by atomic mass is 32.2. The Kier molecular flexibility index (Phi) is 4.63. The molecule has 1 N–H and O–H groups in total. The first-order chi connectivity index (χ1) is 9.19. The number of thioether (sulfide) groups is 1. The summed E-state index contributed by atoms with van der Waals surface area (Å²) in [5.41, 5.74) is 1.96. The summed E-state index contributed by atoms with van der Waals surface area (Å²) in [4.78, 5) is 13.0. The van der Waals surface area contributed by atoms with Gasteiger partial charge in [0.2, 0.25) is 5.91 Å². The minimum absolute atomic E-state index is 0.0327. The lowest BCUT2D eigenvalue weighted by atomic mass is 10.2. The molecule has 0 aliphatic carbocycles. The number of benzene rings is 1. The average Bonchev–Trinajstić information content (AvgIpc) is 2.83. The quantitative estimate of drug-likeness (QED) is 0.853. The van der Waals surface area contributed by atoms with Gasteiger partial charge in [-0.05, 0) is 30.4 Å². The smallest absolute Gasteiger partial charge is 0.224 e. The van der Waals surface area contributed by atoms with Gasteiger partial charge < -0.3 is 5.32 Å². The van der Waals surface area contributed by atoms with E-state index in [9.17, 15) is 4.79 Å². The Morgan fingerprint density at radius 1 is 1.42 bits per heavy atom. The minimum atomic E-state index is 0.0327. The molecule has 0 saturated carbocycles. The Morgan fingerprint density at radius 2 is 2.21 bits per heavy atom. The van der Waals surface area contributed by atoms with Crippen LogP contribution in [0.4, 0.5) is 5.69 Å². The zero-order chi connectivity index (χ0) is 13.7. The SMILES string of the molecule is CSc1ccccc1NC(=O)CCc1cnn(C)c1. The summed E-state index contributed by atoms with van der Waals surface area (Å²) in [6.07, 6.45) is 6.91. The van der Waals surface area contributed by atoms with Gasteiger partial charge in [-0.1, -0.05) is 12.1 Å². The maximum atomic E-state index is 11.9. The Bertz CT molecular complexity index is 565. The number of carbonyl (C=O) groups is 1. The van der Waals surface area contributed by atoms with Gasteiger partial charge in [0.1, 0.15) is 0 Å². The molecule has 4 nitrogen and oxygen atoms in total. The number of carbonyl (C=O) groups excluding carboxylic acids is 1. The number of rotatable bonds is 5. The number of amides is 1. The van der Waals surface area contributed by atoms with E-state index in [1.165, 1.54) is 0 Å². The highest BCUT2D eigenvalue weighted by molar-refractivity contribution is 7.98. The Morgan fingerprint density at radius 3 is 2.89 bits per heavy atom. The number of para-hydroxylation sites is 1. The maximum Gasteiger partial charge on any atom is 0.224 e. The number of aromatic nitrogens is 2. The molecule has 0 aliphatic heterocycles. The Balaban J connectivity index is 1.90. The fraction of sp³-hybridized carbons (Fsp3) is 0.286. The molecule has 0 fully saturated rings. The lowest BCUT2D eigenvalue weighted by molar-refractivity contribution is -0.116. The summed E-state index contributed by atoms with van der Waals surface area (Å²) in [5.74, 6) is 0.0327. The van der Waals surface area contributed by atoms with Gasteiger partial charge in [-0.15, -0.1) is 11.8 Å². The fourth-order valence-corrected chi connectivity index (χ4v) is 2.37. The third-order valence-electron chi connectivity index (χ3n) is 2.78. The predicted molar refractivity (Wildman–Crippen MR) is 78.4 cm³/mol. The van der Waals surface area contributed by atoms with Crippen LogP contribution in [0, 0.1) is 0 Å². The molecule has 100 valence electrons. The lowest BCUT2D eigenvalue weighted by Crippen LogP contribution is -2.12. The van der Waals surface area contributed by atoms with Crippen molar-refractivity contribution < 1.29 is 4.79 Å². The van der Waals surface area contributed by atoms with E-state index in [1.54, 1.807) is 22.6 Å². The topological polar surface area (TPSA) is 46.9 Å². The molecular formula is C14H17N3OS. The number of nitrogens with zero attached hydrogens (tertiary/aromatic N) is 2. The predicted octanol–water partition coefficient (Wildman–Crippen LogP) is 2.71. The van der Waals surface area contributed by atoms with E-state index in [1.807, 2.05) is 43.8 Å². The first kappa shape index (κ1) is 13.7. The van der Waals surface area contributed by atoms with Crippen molar-refractivity contribution in [3.63, 3.8) is 0 Å². The first-order valence-corrected chi connectivity index (χ1v) is 7.32. The number of aryl methyl sites for hydroxylation is 2. The van der Waals surface area contributed by atoms with E-state index in [-0.39, 0.29) is 5.91 Å². The fourth-order valence-electron chi connectivity index (χ4n) is 1.82. The van der Waals surface area contributed by atoms with E-state index < -0.39 is 0 Å². The van der Waals surface area contributed by atoms with Crippen LogP contribution in [0.2, 0.25) is 0 Å². The highest BCUT2D eigenvalue weighted by Crippen LogP contribution is 2.24. The summed E-state index contributed by atoms with van der Waals surface area (Å²) in [6.45, 7) is 0. The molecule has 1 aromatic heterocycles. The molecule has 0 spiro atoms. The van der Waals surface area contributed by atoms with Gasteiger partial charge in [-0.2, -0.15) is 5.10 Å². The molecule has 2 rings (SSSR count). The zero-order valence-electron chi connectivity index (χ0n) is 11.1. The van der Waals surface area contributed by atoms with E-state index in [0.29, 0.717) is 12.8 Å². The van der Waals surface area contributed by atoms with E-state index in [4.69, 9.17) is 0 Å². The van der Waals surface area contributed by atoms with Gasteiger partial charge in [0, 0.05) is 24.6 Å². The van der Waals surface area contributed by atoms with Crippen molar-refractivity contribution >= 4 is 23.4 Å². The van der Waals surface area contributed by atoms with Crippen molar-refractivity contribution in [3.8, 4) is 0 Å². The average molecular weight is 275 g/mol. The van der Waals surface area contributed by atoms with Crippen molar-refractivity contribution in [1.82, 2.24) is 9.78 Å². The van der Waals surface area contributed by atoms with Gasteiger partial charge in [0.05, 0.1) is 11.9 Å². The molecular weight excluding hydrogens is 258 g/mol. The van der Waals surface area contributed by atoms with Crippen LogP contribution in [0.15, 0.2) is 41.6 Å². The van der Waals surface area contributed by atoms with Crippen LogP contribution < -0.4 is 5.32 Å². The van der Waals surface area contributed by atoms with Gasteiger partial charge in [0.25, 0.3) is 0 Å². The normalized spacial score (nSPS) is 10.4. The molecule has 1 heterocycles. The zero-order valence-corrected chi connectivity index (χ0v) is 11.9. The monoisotopic (exact) mass is 275 g/mol. The van der Waals surface area contributed by atoms with E-state index in [0.717, 1.165) is 16.1 Å². The van der Waals surface area contributed by atoms with Gasteiger partial charge in [-0.3, -0.25) is 9.48 Å². The molecule has 0 aliphatic rings. The molecule has 19 heavy (non-hydrogen) atoms. The van der Waals surface area contributed by atoms with Crippen molar-refractivity contribution in [2.24, 2.45) is 7.05 Å². The maximum absolute atomic E-state index is 11.9. The summed E-state index contributed by atoms with van der Waals surface area (Å²) >= 11 is 1.63. The molecule has 0 unspecified atom stereocenters. The van der Waals surface area contributed by atoms with Crippen molar-refractivity contribution in [2.45, 2.75) is 17.7 Å². The third-order valence-corrected chi connectivity index (χ3v) is 3.58. The third kappa shape index (κ3) is 3.86. The van der Waals surface area contributed by atoms with Crippen LogP contribution in [-0.2, 0) is 18.3 Å². The second-order valence-corrected chi connectivity index (χ2v) is 5.12. The number of anilines is 1. The molecule has 5 heteroatoms. The van der Waals surface area contributed by atoms with Gasteiger partial charge in [0.15, 0.2) is 0 Å². The second kappa shape index (κ2) is 6.43. The summed E-state index contributed by atoms with van der Waals surface area (Å²) in [7, 11) is 1.87. The van der Waals surface area contributed by atoms with Crippen LogP contribution in [0.5, 0.6) is 0 Å². The summed E-state index contributed by atoms with van der Waals surface area (Å²) in [5, 5.41) is 7.04. The van der Waals surface area contributed by atoms with Crippen LogP contribution in [0.25, 0.3) is 0 Å². The summed E-state index contributed by atoms with van der Waals surface area (Å²) < 4.78 is 1.75. The molecule has 0 atom stereocenters. The van der Waals surface area contributed by atoms with Crippen molar-refractivity contribution in [2.75, 3.05) is 11.6 Å². The largest absolute Gasteiger partial charge is 0.325 e. The molecule has 0 saturated heterocycles. The van der Waals surface area contributed by atoms with Crippen molar-refractivity contribution in [3.05, 3.63) is 42.2 Å². The summed E-state index contributed by atoms with van der Waals surface area (Å²) in [6, 6.07) is 7.82. The first-order valence-electron chi connectivity index (χ1n) is 6.09. The highest BCUT2D eigenvalue weighted by Gasteiger charge is 2.07. The minimum Gasteiger partial charge on any atom is -0.325 e. The van der Waals surface area contributed by atoms with Crippen LogP contribution in [0.1, 0.15) is 12.0 Å². The molecule has 1 aromatic carbocycles. The number of hydrogen-bond acceptors (Lipinski definition) is 3. The lowest BCUT2D eigenvalue weighted by Gasteiger charge is -2.08.